The molecule has 2 atom stereocenters. The van der Waals surface area contributed by atoms with Gasteiger partial charge in [0.25, 0.3) is 0 Å². The van der Waals surface area contributed by atoms with Crippen molar-refractivity contribution in [2.45, 2.75) is 143 Å². The van der Waals surface area contributed by atoms with Crippen molar-refractivity contribution in [3.05, 3.63) is 57.6 Å². The van der Waals surface area contributed by atoms with Gasteiger partial charge in [-0.05, 0) is 79.7 Å². The van der Waals surface area contributed by atoms with Crippen molar-refractivity contribution in [2.24, 2.45) is 0 Å². The van der Waals surface area contributed by atoms with Crippen LogP contribution in [0.3, 0.4) is 0 Å². The summed E-state index contributed by atoms with van der Waals surface area (Å²) in [6.07, 6.45) is 1.06. The molecule has 0 aliphatic rings. The molecule has 2 aromatic rings. The standard InChI is InChI=1S/C38H58O6/c1-23(25-19-27(35(3,4)5)31(39)28(20-25)36(6,7)8)15-17-43-33(41)34(42)44-18-16-24(2)26-21-29(37(9,10)11)32(40)30(22-26)38(12,13)14/h19-24,39-40H,15-18H2,1-14H3/t23-,24+. The van der Waals surface area contributed by atoms with Crippen LogP contribution < -0.4 is 0 Å². The molecule has 0 aliphatic carbocycles. The molecule has 6 nitrogen and oxygen atoms in total. The van der Waals surface area contributed by atoms with Crippen molar-refractivity contribution in [3.8, 4) is 11.5 Å². The Morgan fingerprint density at radius 2 is 0.773 bits per heavy atom. The van der Waals surface area contributed by atoms with Crippen molar-refractivity contribution in [1.82, 2.24) is 0 Å². The highest BCUT2D eigenvalue weighted by atomic mass is 16.6. The van der Waals surface area contributed by atoms with E-state index in [1.807, 2.05) is 24.3 Å². The number of hydrogen-bond acceptors (Lipinski definition) is 6. The third-order valence-corrected chi connectivity index (χ3v) is 8.37. The molecule has 2 rings (SSSR count). The molecule has 0 unspecified atom stereocenters. The van der Waals surface area contributed by atoms with Crippen molar-refractivity contribution in [3.63, 3.8) is 0 Å². The fraction of sp³-hybridized carbons (Fsp3) is 0.632. The van der Waals surface area contributed by atoms with Gasteiger partial charge in [-0.15, -0.1) is 0 Å². The van der Waals surface area contributed by atoms with Crippen molar-refractivity contribution < 1.29 is 29.3 Å². The molecule has 0 fully saturated rings. The van der Waals surface area contributed by atoms with E-state index in [1.165, 1.54) is 0 Å². The van der Waals surface area contributed by atoms with Gasteiger partial charge in [0, 0.05) is 0 Å². The molecule has 0 radical (unpaired) electrons. The second kappa shape index (κ2) is 13.5. The molecule has 6 heteroatoms. The van der Waals surface area contributed by atoms with E-state index in [9.17, 15) is 19.8 Å². The minimum absolute atomic E-state index is 0.0451. The number of carbonyl (C=O) groups excluding carboxylic acids is 2. The van der Waals surface area contributed by atoms with Crippen LogP contribution in [0.25, 0.3) is 0 Å². The average molecular weight is 611 g/mol. The summed E-state index contributed by atoms with van der Waals surface area (Å²) in [7, 11) is 0. The first-order valence-corrected chi connectivity index (χ1v) is 15.9. The Hall–Kier alpha value is -3.02. The number of rotatable bonds is 8. The van der Waals surface area contributed by atoms with Crippen LogP contribution in [-0.2, 0) is 40.7 Å². The van der Waals surface area contributed by atoms with E-state index in [1.54, 1.807) is 0 Å². The van der Waals surface area contributed by atoms with Crippen LogP contribution in [0.1, 0.15) is 155 Å². The summed E-state index contributed by atoms with van der Waals surface area (Å²) in [5.41, 5.74) is 4.72. The first-order chi connectivity index (χ1) is 19.9. The second-order valence-corrected chi connectivity index (χ2v) is 16.6. The third kappa shape index (κ3) is 9.49. The Labute approximate surface area is 266 Å². The minimum Gasteiger partial charge on any atom is -0.507 e. The first kappa shape index (κ1) is 37.2. The van der Waals surface area contributed by atoms with Gasteiger partial charge in [-0.2, -0.15) is 0 Å². The van der Waals surface area contributed by atoms with Crippen LogP contribution in [0.5, 0.6) is 11.5 Å². The predicted octanol–water partition coefficient (Wildman–Crippen LogP) is 9.06. The van der Waals surface area contributed by atoms with Crippen LogP contribution >= 0.6 is 0 Å². The molecule has 0 saturated heterocycles. The highest BCUT2D eigenvalue weighted by molar-refractivity contribution is 6.29. The Balaban J connectivity index is 2.01. The summed E-state index contributed by atoms with van der Waals surface area (Å²) in [6, 6.07) is 8.15. The van der Waals surface area contributed by atoms with E-state index in [0.29, 0.717) is 24.3 Å². The molecule has 0 aromatic heterocycles. The van der Waals surface area contributed by atoms with Crippen molar-refractivity contribution in [1.29, 1.82) is 0 Å². The Morgan fingerprint density at radius 3 is 0.977 bits per heavy atom. The fourth-order valence-corrected chi connectivity index (χ4v) is 5.28. The molecule has 0 bridgehead atoms. The highest BCUT2D eigenvalue weighted by Crippen LogP contribution is 2.43. The summed E-state index contributed by atoms with van der Waals surface area (Å²) in [4.78, 5) is 24.8. The molecule has 44 heavy (non-hydrogen) atoms. The van der Waals surface area contributed by atoms with Gasteiger partial charge in [-0.3, -0.25) is 0 Å². The minimum atomic E-state index is -0.990. The molecular weight excluding hydrogens is 552 g/mol. The van der Waals surface area contributed by atoms with Gasteiger partial charge < -0.3 is 19.7 Å². The van der Waals surface area contributed by atoms with E-state index in [4.69, 9.17) is 9.47 Å². The third-order valence-electron chi connectivity index (χ3n) is 8.37. The smallest absolute Gasteiger partial charge is 0.417 e. The van der Waals surface area contributed by atoms with Gasteiger partial charge in [0.2, 0.25) is 0 Å². The average Bonchev–Trinajstić information content (AvgIpc) is 2.85. The lowest BCUT2D eigenvalue weighted by molar-refractivity contribution is -0.167. The number of ether oxygens (including phenoxy) is 2. The van der Waals surface area contributed by atoms with E-state index in [0.717, 1.165) is 33.4 Å². The molecule has 0 amide bonds. The van der Waals surface area contributed by atoms with Gasteiger partial charge in [0.1, 0.15) is 11.5 Å². The lowest BCUT2D eigenvalue weighted by Crippen LogP contribution is -2.22. The topological polar surface area (TPSA) is 93.1 Å². The first-order valence-electron chi connectivity index (χ1n) is 15.9. The van der Waals surface area contributed by atoms with Gasteiger partial charge in [-0.25, -0.2) is 9.59 Å². The van der Waals surface area contributed by atoms with Crippen LogP contribution in [0.2, 0.25) is 0 Å². The Bertz CT molecular complexity index is 1150. The number of benzene rings is 2. The Morgan fingerprint density at radius 1 is 0.545 bits per heavy atom. The summed E-state index contributed by atoms with van der Waals surface area (Å²) < 4.78 is 10.6. The lowest BCUT2D eigenvalue weighted by atomic mass is 9.77. The molecule has 2 N–H and O–H groups in total. The molecule has 0 spiro atoms. The SMILES string of the molecule is C[C@H](CCOC(=O)C(=O)OCC[C@H](C)c1cc(C(C)(C)C)c(O)c(C(C)(C)C)c1)c1cc(C(C)(C)C)c(O)c(C(C)(C)C)c1. The number of phenolic OH excluding ortho intramolecular Hbond substituents is 2. The van der Waals surface area contributed by atoms with E-state index < -0.39 is 11.9 Å². The molecule has 0 aliphatic heterocycles. The zero-order chi connectivity index (χ0) is 34.0. The van der Waals surface area contributed by atoms with Crippen LogP contribution in [0.4, 0.5) is 0 Å². The maximum Gasteiger partial charge on any atom is 0.417 e. The van der Waals surface area contributed by atoms with Crippen LogP contribution in [0.15, 0.2) is 24.3 Å². The Kier molecular flexibility index (Phi) is 11.4. The fourth-order valence-electron chi connectivity index (χ4n) is 5.28. The van der Waals surface area contributed by atoms with E-state index >= 15 is 0 Å². The van der Waals surface area contributed by atoms with Gasteiger partial charge in [0.15, 0.2) is 0 Å². The summed E-state index contributed by atoms with van der Waals surface area (Å²) in [6.45, 7) is 29.2. The largest absolute Gasteiger partial charge is 0.507 e. The lowest BCUT2D eigenvalue weighted by Gasteiger charge is -2.29. The number of esters is 2. The van der Waals surface area contributed by atoms with E-state index in [2.05, 4.69) is 96.9 Å². The summed E-state index contributed by atoms with van der Waals surface area (Å²) >= 11 is 0. The highest BCUT2D eigenvalue weighted by Gasteiger charge is 2.29. The van der Waals surface area contributed by atoms with Gasteiger partial charge >= 0.3 is 11.9 Å². The normalized spacial score (nSPS) is 14.2. The molecule has 0 heterocycles. The van der Waals surface area contributed by atoms with Crippen molar-refractivity contribution in [2.75, 3.05) is 13.2 Å². The van der Waals surface area contributed by atoms with Gasteiger partial charge in [0.05, 0.1) is 13.2 Å². The zero-order valence-corrected chi connectivity index (χ0v) is 29.8. The van der Waals surface area contributed by atoms with Crippen LogP contribution in [-0.4, -0.2) is 35.4 Å². The predicted molar refractivity (Wildman–Crippen MR) is 179 cm³/mol. The zero-order valence-electron chi connectivity index (χ0n) is 29.8. The summed E-state index contributed by atoms with van der Waals surface area (Å²) in [5.74, 6) is -1.22. The number of phenols is 2. The summed E-state index contributed by atoms with van der Waals surface area (Å²) in [5, 5.41) is 22.0. The number of aromatic hydroxyl groups is 2. The van der Waals surface area contributed by atoms with Gasteiger partial charge in [-0.1, -0.05) is 121 Å². The molecule has 0 saturated carbocycles. The van der Waals surface area contributed by atoms with Crippen LogP contribution in [0, 0.1) is 0 Å². The quantitative estimate of drug-likeness (QED) is 0.229. The molecule has 2 aromatic carbocycles. The van der Waals surface area contributed by atoms with E-state index in [-0.39, 0.29) is 46.7 Å². The maximum atomic E-state index is 12.4. The molecular formula is C38H58O6. The number of hydrogen-bond donors (Lipinski definition) is 2. The molecule has 246 valence electrons. The van der Waals surface area contributed by atoms with Crippen molar-refractivity contribution >= 4 is 11.9 Å². The monoisotopic (exact) mass is 610 g/mol. The maximum absolute atomic E-state index is 12.4. The second-order valence-electron chi connectivity index (χ2n) is 16.6. The number of carbonyl (C=O) groups is 2.